The molecule has 0 radical (unpaired) electrons. The summed E-state index contributed by atoms with van der Waals surface area (Å²) in [5.41, 5.74) is 11.4. The van der Waals surface area contributed by atoms with E-state index in [0.29, 0.717) is 5.82 Å². The molecular formula is C9H14N4O. The van der Waals surface area contributed by atoms with Crippen molar-refractivity contribution in [2.24, 2.45) is 11.7 Å². The third-order valence-corrected chi connectivity index (χ3v) is 2.77. The maximum Gasteiger partial charge on any atom is 0.253 e. The molecular weight excluding hydrogens is 180 g/mol. The fraction of sp³-hybridized carbons (Fsp3) is 0.556. The molecule has 5 heteroatoms. The van der Waals surface area contributed by atoms with Gasteiger partial charge in [0, 0.05) is 12.1 Å². The number of nitrogens with zero attached hydrogens (tertiary/aromatic N) is 2. The summed E-state index contributed by atoms with van der Waals surface area (Å²) < 4.78 is 1.25. The molecule has 1 fully saturated rings. The highest BCUT2D eigenvalue weighted by Gasteiger charge is 2.32. The van der Waals surface area contributed by atoms with Crippen LogP contribution in [0.2, 0.25) is 0 Å². The molecule has 0 spiro atoms. The highest BCUT2D eigenvalue weighted by atomic mass is 16.2. The van der Waals surface area contributed by atoms with Gasteiger partial charge in [-0.25, -0.2) is 0 Å². The molecule has 0 saturated heterocycles. The standard InChI is InChI=1S/C9H14N4O/c10-7-3-1-2-6(7)9(14)13-8(11)4-5-12-13/h4-7H,1-3,10-11H2. The Hall–Kier alpha value is -1.36. The van der Waals surface area contributed by atoms with Gasteiger partial charge in [0.1, 0.15) is 5.82 Å². The monoisotopic (exact) mass is 194 g/mol. The van der Waals surface area contributed by atoms with Gasteiger partial charge in [-0.2, -0.15) is 9.78 Å². The van der Waals surface area contributed by atoms with Crippen LogP contribution in [0.25, 0.3) is 0 Å². The van der Waals surface area contributed by atoms with Gasteiger partial charge >= 0.3 is 0 Å². The molecule has 2 unspecified atom stereocenters. The van der Waals surface area contributed by atoms with Crippen LogP contribution in [0.5, 0.6) is 0 Å². The number of aromatic nitrogens is 2. The predicted octanol–water partition coefficient (Wildman–Crippen LogP) is 0.233. The predicted molar refractivity (Wildman–Crippen MR) is 52.6 cm³/mol. The Morgan fingerprint density at radius 2 is 2.36 bits per heavy atom. The van der Waals surface area contributed by atoms with Crippen molar-refractivity contribution in [3.05, 3.63) is 12.3 Å². The zero-order chi connectivity index (χ0) is 10.1. The Labute approximate surface area is 82.1 Å². The molecule has 1 heterocycles. The van der Waals surface area contributed by atoms with Crippen LogP contribution in [0.3, 0.4) is 0 Å². The lowest BCUT2D eigenvalue weighted by atomic mass is 10.0. The minimum Gasteiger partial charge on any atom is -0.383 e. The fourth-order valence-corrected chi connectivity index (χ4v) is 1.95. The molecule has 14 heavy (non-hydrogen) atoms. The number of carbonyl (C=O) groups is 1. The first-order valence-electron chi connectivity index (χ1n) is 4.79. The minimum atomic E-state index is -0.114. The third-order valence-electron chi connectivity index (χ3n) is 2.77. The molecule has 1 saturated carbocycles. The summed E-state index contributed by atoms with van der Waals surface area (Å²) >= 11 is 0. The van der Waals surface area contributed by atoms with Crippen LogP contribution in [-0.2, 0) is 0 Å². The quantitative estimate of drug-likeness (QED) is 0.670. The average molecular weight is 194 g/mol. The van der Waals surface area contributed by atoms with Crippen LogP contribution in [-0.4, -0.2) is 21.7 Å². The molecule has 5 nitrogen and oxygen atoms in total. The molecule has 1 aromatic rings. The number of nitrogen functional groups attached to an aromatic ring is 1. The van der Waals surface area contributed by atoms with Gasteiger partial charge in [-0.05, 0) is 12.8 Å². The first-order valence-corrected chi connectivity index (χ1v) is 4.79. The molecule has 2 atom stereocenters. The van der Waals surface area contributed by atoms with Gasteiger partial charge in [-0.1, -0.05) is 6.42 Å². The molecule has 1 aromatic heterocycles. The van der Waals surface area contributed by atoms with E-state index in [0.717, 1.165) is 19.3 Å². The van der Waals surface area contributed by atoms with Crippen molar-refractivity contribution in [3.8, 4) is 0 Å². The summed E-state index contributed by atoms with van der Waals surface area (Å²) in [6.07, 6.45) is 4.29. The van der Waals surface area contributed by atoms with Gasteiger partial charge in [-0.15, -0.1) is 0 Å². The number of rotatable bonds is 1. The Morgan fingerprint density at radius 1 is 1.57 bits per heavy atom. The molecule has 1 aliphatic rings. The van der Waals surface area contributed by atoms with Crippen molar-refractivity contribution >= 4 is 11.7 Å². The topological polar surface area (TPSA) is 86.9 Å². The van der Waals surface area contributed by atoms with E-state index in [1.807, 2.05) is 0 Å². The van der Waals surface area contributed by atoms with E-state index in [2.05, 4.69) is 5.10 Å². The van der Waals surface area contributed by atoms with E-state index in [4.69, 9.17) is 11.5 Å². The summed E-state index contributed by atoms with van der Waals surface area (Å²) in [6, 6.07) is 1.57. The van der Waals surface area contributed by atoms with E-state index in [9.17, 15) is 4.79 Å². The normalized spacial score (nSPS) is 26.6. The van der Waals surface area contributed by atoms with Gasteiger partial charge in [-0.3, -0.25) is 4.79 Å². The summed E-state index contributed by atoms with van der Waals surface area (Å²) in [5, 5.41) is 3.88. The number of carbonyl (C=O) groups excluding carboxylic acids is 1. The first kappa shape index (κ1) is 9.21. The Balaban J connectivity index is 2.20. The SMILES string of the molecule is Nc1ccnn1C(=O)C1CCCC1N. The number of hydrogen-bond acceptors (Lipinski definition) is 4. The lowest BCUT2D eigenvalue weighted by Gasteiger charge is -2.13. The van der Waals surface area contributed by atoms with E-state index < -0.39 is 0 Å². The first-order chi connectivity index (χ1) is 6.70. The van der Waals surface area contributed by atoms with Crippen LogP contribution in [0.15, 0.2) is 12.3 Å². The van der Waals surface area contributed by atoms with Gasteiger partial charge < -0.3 is 11.5 Å². The zero-order valence-corrected chi connectivity index (χ0v) is 7.89. The second kappa shape index (κ2) is 3.42. The molecule has 4 N–H and O–H groups in total. The maximum atomic E-state index is 11.9. The average Bonchev–Trinajstić information content (AvgIpc) is 2.73. The van der Waals surface area contributed by atoms with Gasteiger partial charge in [0.25, 0.3) is 5.91 Å². The van der Waals surface area contributed by atoms with Crippen LogP contribution < -0.4 is 11.5 Å². The minimum absolute atomic E-state index is 0.0360. The lowest BCUT2D eigenvalue weighted by Crippen LogP contribution is -2.34. The van der Waals surface area contributed by atoms with Gasteiger partial charge in [0.2, 0.25) is 0 Å². The number of anilines is 1. The van der Waals surface area contributed by atoms with Crippen molar-refractivity contribution in [2.75, 3.05) is 5.73 Å². The van der Waals surface area contributed by atoms with Crippen molar-refractivity contribution in [1.82, 2.24) is 9.78 Å². The molecule has 0 aliphatic heterocycles. The highest BCUT2D eigenvalue weighted by molar-refractivity contribution is 5.84. The second-order valence-corrected chi connectivity index (χ2v) is 3.71. The van der Waals surface area contributed by atoms with Crippen molar-refractivity contribution in [2.45, 2.75) is 25.3 Å². The highest BCUT2D eigenvalue weighted by Crippen LogP contribution is 2.25. The second-order valence-electron chi connectivity index (χ2n) is 3.71. The van der Waals surface area contributed by atoms with Crippen LogP contribution in [0, 0.1) is 5.92 Å². The number of hydrogen-bond donors (Lipinski definition) is 2. The number of nitrogens with two attached hydrogens (primary N) is 2. The molecule has 0 amide bonds. The summed E-state index contributed by atoms with van der Waals surface area (Å²) in [6.45, 7) is 0. The fourth-order valence-electron chi connectivity index (χ4n) is 1.95. The van der Waals surface area contributed by atoms with Crippen LogP contribution >= 0.6 is 0 Å². The van der Waals surface area contributed by atoms with Crippen LogP contribution in [0.4, 0.5) is 5.82 Å². The Kier molecular flexibility index (Phi) is 2.25. The zero-order valence-electron chi connectivity index (χ0n) is 7.89. The van der Waals surface area contributed by atoms with Crippen molar-refractivity contribution in [3.63, 3.8) is 0 Å². The van der Waals surface area contributed by atoms with Crippen molar-refractivity contribution in [1.29, 1.82) is 0 Å². The van der Waals surface area contributed by atoms with Crippen LogP contribution in [0.1, 0.15) is 24.1 Å². The Morgan fingerprint density at radius 3 is 2.86 bits per heavy atom. The molecule has 1 aliphatic carbocycles. The summed E-state index contributed by atoms with van der Waals surface area (Å²) in [4.78, 5) is 11.9. The molecule has 0 bridgehead atoms. The largest absolute Gasteiger partial charge is 0.383 e. The smallest absolute Gasteiger partial charge is 0.253 e. The van der Waals surface area contributed by atoms with E-state index in [-0.39, 0.29) is 17.9 Å². The maximum absolute atomic E-state index is 11.9. The third kappa shape index (κ3) is 1.39. The summed E-state index contributed by atoms with van der Waals surface area (Å²) in [7, 11) is 0. The van der Waals surface area contributed by atoms with Gasteiger partial charge in [0.15, 0.2) is 0 Å². The Bertz CT molecular complexity index is 346. The van der Waals surface area contributed by atoms with E-state index in [1.54, 1.807) is 6.07 Å². The summed E-state index contributed by atoms with van der Waals surface area (Å²) in [5.74, 6) is 0.198. The van der Waals surface area contributed by atoms with Crippen molar-refractivity contribution < 1.29 is 4.79 Å². The van der Waals surface area contributed by atoms with E-state index in [1.165, 1.54) is 10.9 Å². The van der Waals surface area contributed by atoms with Gasteiger partial charge in [0.05, 0.1) is 12.1 Å². The molecule has 0 aromatic carbocycles. The lowest BCUT2D eigenvalue weighted by molar-refractivity contribution is 0.0813. The molecule has 76 valence electrons. The van der Waals surface area contributed by atoms with E-state index >= 15 is 0 Å². The molecule has 2 rings (SSSR count).